The number of sulfonamides is 1. The molecule has 214 valence electrons. The Morgan fingerprint density at radius 2 is 1.77 bits per heavy atom. The Balaban J connectivity index is 1.40. The molecule has 0 radical (unpaired) electrons. The van der Waals surface area contributed by atoms with Crippen LogP contribution in [0.2, 0.25) is 0 Å². The first-order chi connectivity index (χ1) is 19.2. The number of nitrogens with zero attached hydrogens (tertiary/aromatic N) is 4. The molecule has 3 aromatic rings. The highest BCUT2D eigenvalue weighted by molar-refractivity contribution is 7.89. The van der Waals surface area contributed by atoms with Crippen LogP contribution in [0.1, 0.15) is 56.8 Å². The smallest absolute Gasteiger partial charge is 0.252 e. The van der Waals surface area contributed by atoms with Crippen LogP contribution >= 0.6 is 0 Å². The summed E-state index contributed by atoms with van der Waals surface area (Å²) in [5.41, 5.74) is 2.43. The predicted octanol–water partition coefficient (Wildman–Crippen LogP) is 4.82. The van der Waals surface area contributed by atoms with Gasteiger partial charge in [0.15, 0.2) is 0 Å². The van der Waals surface area contributed by atoms with E-state index in [1.807, 2.05) is 12.1 Å². The minimum atomic E-state index is -3.67. The van der Waals surface area contributed by atoms with Crippen molar-refractivity contribution < 1.29 is 13.2 Å². The molecule has 0 saturated carbocycles. The number of rotatable bonds is 8. The average molecular weight is 564 g/mol. The highest BCUT2D eigenvalue weighted by Crippen LogP contribution is 2.29. The number of hydrogen-bond donors (Lipinski definition) is 1. The number of piperidine rings is 2. The number of carbonyl (C=O) groups excluding carboxylic acids is 1. The van der Waals surface area contributed by atoms with Crippen LogP contribution in [0.25, 0.3) is 22.2 Å². The van der Waals surface area contributed by atoms with Gasteiger partial charge in [0, 0.05) is 56.1 Å². The van der Waals surface area contributed by atoms with Crippen LogP contribution in [0.5, 0.6) is 0 Å². The minimum absolute atomic E-state index is 0.202. The number of likely N-dealkylation sites (tertiary alicyclic amines) is 1. The molecular weight excluding hydrogens is 522 g/mol. The molecule has 2 aliphatic heterocycles. The van der Waals surface area contributed by atoms with Gasteiger partial charge in [0.1, 0.15) is 0 Å². The lowest BCUT2D eigenvalue weighted by molar-refractivity contribution is 0.0949. The van der Waals surface area contributed by atoms with Gasteiger partial charge in [-0.3, -0.25) is 9.78 Å². The molecule has 0 bridgehead atoms. The molecule has 1 N–H and O–H groups in total. The molecule has 1 aromatic carbocycles. The molecule has 2 aromatic heterocycles. The number of carbonyl (C=O) groups is 1. The molecule has 8 nitrogen and oxygen atoms in total. The second kappa shape index (κ2) is 12.3. The first kappa shape index (κ1) is 28.6. The molecule has 9 heteroatoms. The third kappa shape index (κ3) is 6.53. The largest absolute Gasteiger partial charge is 0.352 e. The Morgan fingerprint density at radius 1 is 1.02 bits per heavy atom. The summed E-state index contributed by atoms with van der Waals surface area (Å²) >= 11 is 0. The van der Waals surface area contributed by atoms with Gasteiger partial charge in [-0.05, 0) is 86.4 Å². The van der Waals surface area contributed by atoms with Crippen molar-refractivity contribution in [3.05, 3.63) is 54.4 Å². The third-order valence-electron chi connectivity index (χ3n) is 8.24. The van der Waals surface area contributed by atoms with Gasteiger partial charge in [0.25, 0.3) is 5.91 Å². The van der Waals surface area contributed by atoms with Gasteiger partial charge in [-0.2, -0.15) is 4.31 Å². The van der Waals surface area contributed by atoms with Gasteiger partial charge in [-0.25, -0.2) is 13.4 Å². The number of benzene rings is 1. The molecule has 2 aliphatic rings. The van der Waals surface area contributed by atoms with E-state index in [0.29, 0.717) is 59.5 Å². The molecule has 2 atom stereocenters. The standard InChI is InChI=1S/C31H41N5O3S/c1-22-9-14-36(15-10-22)40(38,39)26-7-8-29-27(17-26)28(18-30(34-29)25-6-4-11-32-19-25)31(37)33-12-5-13-35-20-23(2)16-24(3)21-35/h4,6-8,11,17-19,22-24H,5,9-10,12-16,20-21H2,1-3H3,(H,33,37). The molecule has 5 rings (SSSR count). The maximum absolute atomic E-state index is 13.6. The highest BCUT2D eigenvalue weighted by atomic mass is 32.2. The van der Waals surface area contributed by atoms with E-state index in [1.165, 1.54) is 6.42 Å². The molecule has 0 spiro atoms. The fourth-order valence-electron chi connectivity index (χ4n) is 6.16. The molecular formula is C31H41N5O3S. The lowest BCUT2D eigenvalue weighted by Crippen LogP contribution is -2.40. The Hall–Kier alpha value is -2.88. The number of nitrogens with one attached hydrogen (secondary N) is 1. The van der Waals surface area contributed by atoms with E-state index in [2.05, 4.69) is 36.0 Å². The number of amides is 1. The molecule has 2 fully saturated rings. The zero-order valence-electron chi connectivity index (χ0n) is 23.8. The summed E-state index contributed by atoms with van der Waals surface area (Å²) in [5, 5.41) is 3.63. The van der Waals surface area contributed by atoms with Crippen LogP contribution < -0.4 is 5.32 Å². The maximum atomic E-state index is 13.6. The highest BCUT2D eigenvalue weighted by Gasteiger charge is 2.29. The van der Waals surface area contributed by atoms with Gasteiger partial charge in [0.2, 0.25) is 10.0 Å². The van der Waals surface area contributed by atoms with E-state index in [1.54, 1.807) is 41.0 Å². The quantitative estimate of drug-likeness (QED) is 0.395. The van der Waals surface area contributed by atoms with E-state index in [4.69, 9.17) is 4.98 Å². The zero-order valence-corrected chi connectivity index (χ0v) is 24.7. The van der Waals surface area contributed by atoms with Crippen molar-refractivity contribution in [1.29, 1.82) is 0 Å². The summed E-state index contributed by atoms with van der Waals surface area (Å²) in [6.07, 6.45) is 7.25. The second-order valence-electron chi connectivity index (χ2n) is 11.9. The third-order valence-corrected chi connectivity index (χ3v) is 10.1. The number of hydrogen-bond acceptors (Lipinski definition) is 6. The van der Waals surface area contributed by atoms with Crippen molar-refractivity contribution >= 4 is 26.8 Å². The molecule has 2 unspecified atom stereocenters. The van der Waals surface area contributed by atoms with Crippen molar-refractivity contribution in [2.24, 2.45) is 17.8 Å². The van der Waals surface area contributed by atoms with Crippen LogP contribution in [0.4, 0.5) is 0 Å². The fraction of sp³-hybridized carbons (Fsp3) is 0.516. The molecule has 0 aliphatic carbocycles. The van der Waals surface area contributed by atoms with Gasteiger partial charge < -0.3 is 10.2 Å². The number of fused-ring (bicyclic) bond motifs is 1. The van der Waals surface area contributed by atoms with E-state index in [-0.39, 0.29) is 10.8 Å². The molecule has 4 heterocycles. The summed E-state index contributed by atoms with van der Waals surface area (Å²) < 4.78 is 28.6. The van der Waals surface area contributed by atoms with Crippen LogP contribution in [0.15, 0.2) is 53.7 Å². The average Bonchev–Trinajstić information content (AvgIpc) is 2.94. The lowest BCUT2D eigenvalue weighted by atomic mass is 9.92. The summed E-state index contributed by atoms with van der Waals surface area (Å²) in [7, 11) is -3.67. The van der Waals surface area contributed by atoms with Gasteiger partial charge >= 0.3 is 0 Å². The van der Waals surface area contributed by atoms with E-state index < -0.39 is 10.0 Å². The van der Waals surface area contributed by atoms with Gasteiger partial charge in [-0.1, -0.05) is 20.8 Å². The first-order valence-corrected chi connectivity index (χ1v) is 16.0. The van der Waals surface area contributed by atoms with Crippen molar-refractivity contribution in [2.45, 2.75) is 51.3 Å². The van der Waals surface area contributed by atoms with Crippen molar-refractivity contribution in [2.75, 3.05) is 39.3 Å². The van der Waals surface area contributed by atoms with Crippen LogP contribution in [0, 0.1) is 17.8 Å². The first-order valence-electron chi connectivity index (χ1n) is 14.6. The molecule has 40 heavy (non-hydrogen) atoms. The number of aromatic nitrogens is 2. The Kier molecular flexibility index (Phi) is 8.83. The van der Waals surface area contributed by atoms with Crippen molar-refractivity contribution in [1.82, 2.24) is 24.5 Å². The summed E-state index contributed by atoms with van der Waals surface area (Å²) in [6.45, 7) is 11.5. The van der Waals surface area contributed by atoms with Gasteiger partial charge in [0.05, 0.1) is 21.7 Å². The minimum Gasteiger partial charge on any atom is -0.352 e. The summed E-state index contributed by atoms with van der Waals surface area (Å²) in [4.78, 5) is 25.2. The Bertz CT molecular complexity index is 1430. The van der Waals surface area contributed by atoms with E-state index in [0.717, 1.165) is 44.5 Å². The van der Waals surface area contributed by atoms with Crippen molar-refractivity contribution in [3.8, 4) is 11.3 Å². The SMILES string of the molecule is CC1CCN(S(=O)(=O)c2ccc3nc(-c4cccnc4)cc(C(=O)NCCCN4CC(C)CC(C)C4)c3c2)CC1. The molecule has 1 amide bonds. The number of pyridine rings is 2. The van der Waals surface area contributed by atoms with Crippen LogP contribution in [-0.2, 0) is 10.0 Å². The fourth-order valence-corrected chi connectivity index (χ4v) is 7.66. The summed E-state index contributed by atoms with van der Waals surface area (Å²) in [5.74, 6) is 1.70. The topological polar surface area (TPSA) is 95.5 Å². The summed E-state index contributed by atoms with van der Waals surface area (Å²) in [6, 6.07) is 10.4. The van der Waals surface area contributed by atoms with Crippen LogP contribution in [-0.4, -0.2) is 72.8 Å². The molecule has 2 saturated heterocycles. The Labute approximate surface area is 238 Å². The van der Waals surface area contributed by atoms with Crippen LogP contribution in [0.3, 0.4) is 0 Å². The maximum Gasteiger partial charge on any atom is 0.252 e. The lowest BCUT2D eigenvalue weighted by Gasteiger charge is -2.34. The second-order valence-corrected chi connectivity index (χ2v) is 13.8. The van der Waals surface area contributed by atoms with Crippen molar-refractivity contribution in [3.63, 3.8) is 0 Å². The van der Waals surface area contributed by atoms with Gasteiger partial charge in [-0.15, -0.1) is 0 Å². The van der Waals surface area contributed by atoms with E-state index >= 15 is 0 Å². The predicted molar refractivity (Wildman–Crippen MR) is 158 cm³/mol. The van der Waals surface area contributed by atoms with E-state index in [9.17, 15) is 13.2 Å². The monoisotopic (exact) mass is 563 g/mol. The zero-order chi connectivity index (χ0) is 28.3. The Morgan fingerprint density at radius 3 is 2.48 bits per heavy atom. The normalized spacial score (nSPS) is 21.5.